The zero-order valence-corrected chi connectivity index (χ0v) is 34.1. The molecule has 0 heteroatoms. The van der Waals surface area contributed by atoms with E-state index >= 15 is 0 Å². The lowest BCUT2D eigenvalue weighted by Crippen LogP contribution is -1.94. The fourth-order valence-electron chi connectivity index (χ4n) is 10.1. The Bertz CT molecular complexity index is 3600. The molecule has 0 heterocycles. The third kappa shape index (κ3) is 5.92. The number of rotatable bonds is 6. The van der Waals surface area contributed by atoms with Gasteiger partial charge in [-0.3, -0.25) is 0 Å². The monoisotopic (exact) mass is 784 g/mol. The van der Waals surface area contributed by atoms with Crippen LogP contribution in [0.3, 0.4) is 0 Å². The molecule has 0 aliphatic rings. The fraction of sp³-hybridized carbons (Fsp3) is 0. The van der Waals surface area contributed by atoms with Crippen molar-refractivity contribution in [2.45, 2.75) is 0 Å². The standard InChI is InChI=1S/C62H40/c1-3-18-43(19-4-1)60-52-26-10-9-25-51(52)53-32-16-31-50(62(53)61(60)44-20-5-2-6-21-44)42-34-36-45(37-35-42)58-54-27-11-13-29-56(54)59(57-30-14-12-28-55(57)58)49-24-15-23-47(40-49)48-38-33-41-17-7-8-22-46(41)39-48/h1-40H. The summed E-state index contributed by atoms with van der Waals surface area (Å²) in [6.45, 7) is 0. The summed E-state index contributed by atoms with van der Waals surface area (Å²) in [7, 11) is 0. The quantitative estimate of drug-likeness (QED) is 0.116. The highest BCUT2D eigenvalue weighted by Gasteiger charge is 2.21. The molecule has 12 rings (SSSR count). The van der Waals surface area contributed by atoms with E-state index in [-0.39, 0.29) is 0 Å². The van der Waals surface area contributed by atoms with Crippen molar-refractivity contribution in [3.05, 3.63) is 243 Å². The Morgan fingerprint density at radius 2 is 0.581 bits per heavy atom. The van der Waals surface area contributed by atoms with Gasteiger partial charge in [0.2, 0.25) is 0 Å². The SMILES string of the molecule is c1ccc(-c2c(-c3ccccc3)c3c(-c4ccc(-c5c6ccccc6c(-c6cccc(-c7ccc8ccccc8c7)c6)c6ccccc56)cc4)cccc3c3ccccc23)cc1. The molecule has 0 N–H and O–H groups in total. The van der Waals surface area contributed by atoms with Gasteiger partial charge >= 0.3 is 0 Å². The molecule has 0 aliphatic heterocycles. The van der Waals surface area contributed by atoms with Crippen molar-refractivity contribution >= 4 is 53.9 Å². The van der Waals surface area contributed by atoms with Gasteiger partial charge in [-0.2, -0.15) is 0 Å². The minimum atomic E-state index is 1.20. The van der Waals surface area contributed by atoms with Gasteiger partial charge in [0.1, 0.15) is 0 Å². The lowest BCUT2D eigenvalue weighted by Gasteiger charge is -2.21. The van der Waals surface area contributed by atoms with E-state index in [1.165, 1.54) is 121 Å². The Morgan fingerprint density at radius 3 is 1.23 bits per heavy atom. The van der Waals surface area contributed by atoms with Crippen LogP contribution in [0, 0.1) is 0 Å². The molecule has 0 radical (unpaired) electrons. The fourth-order valence-corrected chi connectivity index (χ4v) is 10.1. The van der Waals surface area contributed by atoms with Crippen molar-refractivity contribution in [2.75, 3.05) is 0 Å². The summed E-state index contributed by atoms with van der Waals surface area (Å²) in [4.78, 5) is 0. The van der Waals surface area contributed by atoms with E-state index in [1.54, 1.807) is 0 Å². The molecule has 0 atom stereocenters. The molecule has 12 aromatic carbocycles. The Kier molecular flexibility index (Phi) is 8.61. The molecule has 0 unspecified atom stereocenters. The first-order valence-corrected chi connectivity index (χ1v) is 21.5. The van der Waals surface area contributed by atoms with Crippen LogP contribution in [0.1, 0.15) is 0 Å². The first kappa shape index (κ1) is 35.8. The van der Waals surface area contributed by atoms with Gasteiger partial charge in [0, 0.05) is 0 Å². The van der Waals surface area contributed by atoms with Crippen molar-refractivity contribution in [3.63, 3.8) is 0 Å². The average molecular weight is 785 g/mol. The van der Waals surface area contributed by atoms with E-state index in [4.69, 9.17) is 0 Å². The summed E-state index contributed by atoms with van der Waals surface area (Å²) in [5, 5.41) is 12.6. The van der Waals surface area contributed by atoms with E-state index in [1.807, 2.05) is 0 Å². The molecule has 0 nitrogen and oxygen atoms in total. The van der Waals surface area contributed by atoms with Crippen LogP contribution in [0.2, 0.25) is 0 Å². The first-order valence-electron chi connectivity index (χ1n) is 21.5. The Balaban J connectivity index is 1.04. The molecule has 0 aliphatic carbocycles. The Hall–Kier alpha value is -8.06. The van der Waals surface area contributed by atoms with Crippen molar-refractivity contribution in [3.8, 4) is 66.8 Å². The maximum absolute atomic E-state index is 2.37. The number of fused-ring (bicyclic) bond motifs is 6. The predicted octanol–water partition coefficient (Wildman–Crippen LogP) is 17.5. The Morgan fingerprint density at radius 1 is 0.177 bits per heavy atom. The molecule has 12 aromatic rings. The largest absolute Gasteiger partial charge is 0.0622 e. The van der Waals surface area contributed by atoms with E-state index in [0.29, 0.717) is 0 Å². The molecular weight excluding hydrogens is 745 g/mol. The second-order valence-corrected chi connectivity index (χ2v) is 16.3. The maximum atomic E-state index is 2.37. The smallest absolute Gasteiger partial charge is 0.00141 e. The molecular formula is C62H40. The summed E-state index contributed by atoms with van der Waals surface area (Å²) < 4.78 is 0. The summed E-state index contributed by atoms with van der Waals surface area (Å²) in [6.07, 6.45) is 0. The third-order valence-corrected chi connectivity index (χ3v) is 12.8. The molecule has 0 spiro atoms. The molecule has 0 fully saturated rings. The summed E-state index contributed by atoms with van der Waals surface area (Å²) in [6, 6.07) is 89.3. The zero-order valence-electron chi connectivity index (χ0n) is 34.1. The normalized spacial score (nSPS) is 11.5. The average Bonchev–Trinajstić information content (AvgIpc) is 3.35. The highest BCUT2D eigenvalue weighted by Crippen LogP contribution is 2.49. The molecule has 0 amide bonds. The van der Waals surface area contributed by atoms with Gasteiger partial charge in [0.15, 0.2) is 0 Å². The topological polar surface area (TPSA) is 0 Å². The van der Waals surface area contributed by atoms with Crippen molar-refractivity contribution < 1.29 is 0 Å². The minimum Gasteiger partial charge on any atom is -0.0622 e. The molecule has 0 aromatic heterocycles. The highest BCUT2D eigenvalue weighted by atomic mass is 14.2. The summed E-state index contributed by atoms with van der Waals surface area (Å²) >= 11 is 0. The first-order chi connectivity index (χ1) is 30.8. The highest BCUT2D eigenvalue weighted by molar-refractivity contribution is 6.25. The van der Waals surface area contributed by atoms with E-state index in [2.05, 4.69) is 243 Å². The second kappa shape index (κ2) is 14.9. The van der Waals surface area contributed by atoms with Crippen LogP contribution < -0.4 is 0 Å². The molecule has 0 bridgehead atoms. The van der Waals surface area contributed by atoms with Gasteiger partial charge in [-0.25, -0.2) is 0 Å². The molecule has 62 heavy (non-hydrogen) atoms. The third-order valence-electron chi connectivity index (χ3n) is 12.8. The minimum absolute atomic E-state index is 1.20. The van der Waals surface area contributed by atoms with E-state index in [9.17, 15) is 0 Å². The van der Waals surface area contributed by atoms with Crippen LogP contribution in [0.5, 0.6) is 0 Å². The molecule has 0 saturated heterocycles. The van der Waals surface area contributed by atoms with Crippen LogP contribution in [0.4, 0.5) is 0 Å². The van der Waals surface area contributed by atoms with E-state index in [0.717, 1.165) is 0 Å². The summed E-state index contributed by atoms with van der Waals surface area (Å²) in [5.41, 5.74) is 14.8. The number of hydrogen-bond acceptors (Lipinski definition) is 0. The van der Waals surface area contributed by atoms with Gasteiger partial charge in [-0.15, -0.1) is 0 Å². The maximum Gasteiger partial charge on any atom is -0.00141 e. The van der Waals surface area contributed by atoms with E-state index < -0.39 is 0 Å². The number of benzene rings is 12. The van der Waals surface area contributed by atoms with Crippen LogP contribution in [-0.2, 0) is 0 Å². The van der Waals surface area contributed by atoms with Crippen LogP contribution in [0.15, 0.2) is 243 Å². The molecule has 0 saturated carbocycles. The predicted molar refractivity (Wildman–Crippen MR) is 267 cm³/mol. The van der Waals surface area contributed by atoms with Gasteiger partial charge < -0.3 is 0 Å². The number of hydrogen-bond donors (Lipinski definition) is 0. The van der Waals surface area contributed by atoms with Crippen molar-refractivity contribution in [2.24, 2.45) is 0 Å². The van der Waals surface area contributed by atoms with Gasteiger partial charge in [-0.1, -0.05) is 231 Å². The van der Waals surface area contributed by atoms with Gasteiger partial charge in [0.25, 0.3) is 0 Å². The van der Waals surface area contributed by atoms with Crippen LogP contribution >= 0.6 is 0 Å². The van der Waals surface area contributed by atoms with Crippen molar-refractivity contribution in [1.82, 2.24) is 0 Å². The van der Waals surface area contributed by atoms with Crippen LogP contribution in [-0.4, -0.2) is 0 Å². The lowest BCUT2D eigenvalue weighted by molar-refractivity contribution is 1.61. The molecule has 288 valence electrons. The van der Waals surface area contributed by atoms with Crippen LogP contribution in [0.25, 0.3) is 121 Å². The zero-order chi connectivity index (χ0) is 41.0. The summed E-state index contributed by atoms with van der Waals surface area (Å²) in [5.74, 6) is 0. The van der Waals surface area contributed by atoms with Gasteiger partial charge in [-0.05, 0) is 133 Å². The van der Waals surface area contributed by atoms with Gasteiger partial charge in [0.05, 0.1) is 0 Å². The Labute approximate surface area is 361 Å². The lowest BCUT2D eigenvalue weighted by atomic mass is 9.82. The second-order valence-electron chi connectivity index (χ2n) is 16.3. The van der Waals surface area contributed by atoms with Crippen molar-refractivity contribution in [1.29, 1.82) is 0 Å².